The third kappa shape index (κ3) is 3.36. The Morgan fingerprint density at radius 2 is 1.80 bits per heavy atom. The minimum Gasteiger partial charge on any atom is -0.480 e. The van der Waals surface area contributed by atoms with Crippen molar-refractivity contribution in [2.75, 3.05) is 7.11 Å². The van der Waals surface area contributed by atoms with Crippen LogP contribution < -0.4 is 5.32 Å². The molecule has 1 rings (SSSR count). The Morgan fingerprint density at radius 1 is 1.25 bits per heavy atom. The molecule has 5 heteroatoms. The van der Waals surface area contributed by atoms with E-state index in [9.17, 15) is 14.7 Å². The van der Waals surface area contributed by atoms with Crippen molar-refractivity contribution in [1.82, 2.24) is 5.32 Å². The number of amides is 1. The molecule has 2 N–H and O–H groups in total. The fraction of sp³-hybridized carbons (Fsp3) is 0.467. The van der Waals surface area contributed by atoms with Crippen molar-refractivity contribution in [3.05, 3.63) is 35.9 Å². The Balaban J connectivity index is 2.95. The predicted octanol–water partition coefficient (Wildman–Crippen LogP) is 2.13. The smallest absolute Gasteiger partial charge is 0.329 e. The van der Waals surface area contributed by atoms with Crippen LogP contribution >= 0.6 is 0 Å². The molecule has 0 spiro atoms. The molecule has 20 heavy (non-hydrogen) atoms. The van der Waals surface area contributed by atoms with Gasteiger partial charge in [-0.25, -0.2) is 4.79 Å². The molecule has 0 saturated carbocycles. The lowest BCUT2D eigenvalue weighted by Crippen LogP contribution is -2.55. The van der Waals surface area contributed by atoms with Crippen LogP contribution in [0.1, 0.15) is 38.4 Å². The normalized spacial score (nSPS) is 12.8. The quantitative estimate of drug-likeness (QED) is 0.801. The zero-order valence-electron chi connectivity index (χ0n) is 12.1. The van der Waals surface area contributed by atoms with Gasteiger partial charge in [-0.3, -0.25) is 4.79 Å². The number of carbonyl (C=O) groups excluding carboxylic acids is 1. The van der Waals surface area contributed by atoms with E-state index in [1.807, 2.05) is 6.07 Å². The fourth-order valence-corrected chi connectivity index (χ4v) is 2.11. The lowest BCUT2D eigenvalue weighted by Gasteiger charge is -2.30. The van der Waals surface area contributed by atoms with Gasteiger partial charge in [0.1, 0.15) is 5.54 Å². The third-order valence-corrected chi connectivity index (χ3v) is 3.56. The number of carbonyl (C=O) groups is 2. The van der Waals surface area contributed by atoms with E-state index in [1.54, 1.807) is 38.1 Å². The van der Waals surface area contributed by atoms with Crippen LogP contribution in [0, 0.1) is 0 Å². The number of rotatable bonds is 7. The summed E-state index contributed by atoms with van der Waals surface area (Å²) in [4.78, 5) is 23.7. The second kappa shape index (κ2) is 7.05. The van der Waals surface area contributed by atoms with Crippen molar-refractivity contribution in [2.24, 2.45) is 0 Å². The third-order valence-electron chi connectivity index (χ3n) is 3.56. The molecule has 1 aromatic carbocycles. The first-order valence-electron chi connectivity index (χ1n) is 6.64. The molecule has 0 aliphatic heterocycles. The first kappa shape index (κ1) is 16.2. The second-order valence-corrected chi connectivity index (χ2v) is 4.61. The average Bonchev–Trinajstić information content (AvgIpc) is 2.46. The molecule has 0 fully saturated rings. The Kier molecular flexibility index (Phi) is 5.70. The molecule has 1 amide bonds. The van der Waals surface area contributed by atoms with Crippen molar-refractivity contribution in [3.63, 3.8) is 0 Å². The van der Waals surface area contributed by atoms with Crippen LogP contribution in [0.2, 0.25) is 0 Å². The number of hydrogen-bond acceptors (Lipinski definition) is 3. The average molecular weight is 279 g/mol. The van der Waals surface area contributed by atoms with Crippen molar-refractivity contribution in [3.8, 4) is 0 Å². The molecule has 1 aromatic rings. The summed E-state index contributed by atoms with van der Waals surface area (Å²) in [6.45, 7) is 3.48. The molecule has 0 bridgehead atoms. The largest absolute Gasteiger partial charge is 0.480 e. The van der Waals surface area contributed by atoms with Gasteiger partial charge in [-0.1, -0.05) is 44.2 Å². The highest BCUT2D eigenvalue weighted by Gasteiger charge is 2.38. The van der Waals surface area contributed by atoms with Gasteiger partial charge in [-0.05, 0) is 18.4 Å². The Bertz CT molecular complexity index is 454. The number of methoxy groups -OCH3 is 1. The van der Waals surface area contributed by atoms with E-state index in [0.717, 1.165) is 0 Å². The molecule has 1 unspecified atom stereocenters. The number of benzene rings is 1. The Labute approximate surface area is 118 Å². The highest BCUT2D eigenvalue weighted by atomic mass is 16.5. The summed E-state index contributed by atoms with van der Waals surface area (Å²) < 4.78 is 5.21. The second-order valence-electron chi connectivity index (χ2n) is 4.61. The standard InChI is InChI=1S/C15H21NO4/c1-4-15(5-2,14(18)19)16-13(17)12(20-3)11-9-7-6-8-10-11/h6-10,12H,4-5H2,1-3H3,(H,16,17)(H,18,19). The van der Waals surface area contributed by atoms with E-state index in [4.69, 9.17) is 4.74 Å². The molecule has 0 aliphatic rings. The first-order chi connectivity index (χ1) is 9.50. The molecule has 1 atom stereocenters. The van der Waals surface area contributed by atoms with Crippen molar-refractivity contribution in [2.45, 2.75) is 38.3 Å². The number of nitrogens with one attached hydrogen (secondary N) is 1. The van der Waals surface area contributed by atoms with E-state index in [0.29, 0.717) is 18.4 Å². The van der Waals surface area contributed by atoms with Crippen molar-refractivity contribution >= 4 is 11.9 Å². The highest BCUT2D eigenvalue weighted by molar-refractivity contribution is 5.89. The summed E-state index contributed by atoms with van der Waals surface area (Å²) in [5.74, 6) is -1.47. The van der Waals surface area contributed by atoms with E-state index >= 15 is 0 Å². The predicted molar refractivity (Wildman–Crippen MR) is 75.3 cm³/mol. The monoisotopic (exact) mass is 279 g/mol. The summed E-state index contributed by atoms with van der Waals surface area (Å²) in [7, 11) is 1.43. The molecule has 0 heterocycles. The first-order valence-corrected chi connectivity index (χ1v) is 6.64. The number of carboxylic acids is 1. The van der Waals surface area contributed by atoms with Gasteiger partial charge in [0.05, 0.1) is 0 Å². The molecular formula is C15H21NO4. The van der Waals surface area contributed by atoms with Crippen LogP contribution in [0.5, 0.6) is 0 Å². The van der Waals surface area contributed by atoms with Gasteiger partial charge in [0, 0.05) is 7.11 Å². The van der Waals surface area contributed by atoms with Gasteiger partial charge in [0.2, 0.25) is 0 Å². The minimum absolute atomic E-state index is 0.315. The van der Waals surface area contributed by atoms with Crippen molar-refractivity contribution in [1.29, 1.82) is 0 Å². The van der Waals surface area contributed by atoms with E-state index in [2.05, 4.69) is 5.32 Å². The lowest BCUT2D eigenvalue weighted by atomic mass is 9.92. The molecule has 0 aliphatic carbocycles. The fourth-order valence-electron chi connectivity index (χ4n) is 2.11. The van der Waals surface area contributed by atoms with Gasteiger partial charge < -0.3 is 15.2 Å². The summed E-state index contributed by atoms with van der Waals surface area (Å²) in [5.41, 5.74) is -0.554. The van der Waals surface area contributed by atoms with Crippen LogP contribution in [0.3, 0.4) is 0 Å². The summed E-state index contributed by atoms with van der Waals surface area (Å²) >= 11 is 0. The molecule has 5 nitrogen and oxygen atoms in total. The van der Waals surface area contributed by atoms with E-state index in [-0.39, 0.29) is 0 Å². The number of aliphatic carboxylic acids is 1. The molecule has 0 saturated heterocycles. The number of hydrogen-bond donors (Lipinski definition) is 2. The number of ether oxygens (including phenoxy) is 1. The van der Waals surface area contributed by atoms with Crippen LogP contribution in [0.4, 0.5) is 0 Å². The summed E-state index contributed by atoms with van der Waals surface area (Å²) in [5, 5.41) is 12.0. The van der Waals surface area contributed by atoms with Crippen molar-refractivity contribution < 1.29 is 19.4 Å². The lowest BCUT2D eigenvalue weighted by molar-refractivity contribution is -0.150. The zero-order chi connectivity index (χ0) is 15.2. The molecule has 0 aromatic heterocycles. The molecule has 110 valence electrons. The maximum absolute atomic E-state index is 12.3. The number of carboxylic acid groups (broad SMARTS) is 1. The van der Waals surface area contributed by atoms with Crippen LogP contribution in [0.25, 0.3) is 0 Å². The van der Waals surface area contributed by atoms with Crippen LogP contribution in [0.15, 0.2) is 30.3 Å². The van der Waals surface area contributed by atoms with Crippen LogP contribution in [-0.2, 0) is 14.3 Å². The van der Waals surface area contributed by atoms with E-state index < -0.39 is 23.5 Å². The van der Waals surface area contributed by atoms with Gasteiger partial charge in [-0.15, -0.1) is 0 Å². The van der Waals surface area contributed by atoms with Gasteiger partial charge in [-0.2, -0.15) is 0 Å². The maximum atomic E-state index is 12.3. The molecular weight excluding hydrogens is 258 g/mol. The van der Waals surface area contributed by atoms with Crippen LogP contribution in [-0.4, -0.2) is 29.6 Å². The minimum atomic E-state index is -1.25. The van der Waals surface area contributed by atoms with Gasteiger partial charge in [0.25, 0.3) is 5.91 Å². The van der Waals surface area contributed by atoms with Gasteiger partial charge in [0.15, 0.2) is 6.10 Å². The van der Waals surface area contributed by atoms with E-state index in [1.165, 1.54) is 7.11 Å². The maximum Gasteiger partial charge on any atom is 0.329 e. The summed E-state index contributed by atoms with van der Waals surface area (Å²) in [6.07, 6.45) is -0.181. The Morgan fingerprint density at radius 3 is 2.20 bits per heavy atom. The topological polar surface area (TPSA) is 75.6 Å². The molecule has 0 radical (unpaired) electrons. The highest BCUT2D eigenvalue weighted by Crippen LogP contribution is 2.21. The summed E-state index contributed by atoms with van der Waals surface area (Å²) in [6, 6.07) is 8.99. The zero-order valence-corrected chi connectivity index (χ0v) is 12.1. The SMILES string of the molecule is CCC(CC)(NC(=O)C(OC)c1ccccc1)C(=O)O. The van der Waals surface area contributed by atoms with Gasteiger partial charge >= 0.3 is 5.97 Å². The Hall–Kier alpha value is -1.88.